The fourth-order valence-corrected chi connectivity index (χ4v) is 2.77. The summed E-state index contributed by atoms with van der Waals surface area (Å²) in [5.41, 5.74) is 1.24. The lowest BCUT2D eigenvalue weighted by Gasteiger charge is -2.23. The molecule has 0 saturated carbocycles. The van der Waals surface area contributed by atoms with Crippen molar-refractivity contribution >= 4 is 13.7 Å². The standard InChI is InChI=1S/C10H16O2Si/c1-9-6-5-7-10(8-9)13(4,11-2)12-3/h5-8H,1-4H3. The molecule has 0 fully saturated rings. The maximum absolute atomic E-state index is 5.44. The first kappa shape index (κ1) is 10.4. The van der Waals surface area contributed by atoms with Crippen LogP contribution in [0.4, 0.5) is 0 Å². The molecule has 0 saturated heterocycles. The van der Waals surface area contributed by atoms with Crippen LogP contribution in [0.1, 0.15) is 5.56 Å². The summed E-state index contributed by atoms with van der Waals surface area (Å²) in [4.78, 5) is 0. The highest BCUT2D eigenvalue weighted by atomic mass is 28.4. The fourth-order valence-electron chi connectivity index (χ4n) is 1.25. The summed E-state index contributed by atoms with van der Waals surface area (Å²) >= 11 is 0. The van der Waals surface area contributed by atoms with Crippen molar-refractivity contribution in [1.29, 1.82) is 0 Å². The molecule has 3 heteroatoms. The highest BCUT2D eigenvalue weighted by Gasteiger charge is 2.31. The number of hydrogen-bond acceptors (Lipinski definition) is 2. The zero-order chi connectivity index (χ0) is 9.90. The Labute approximate surface area is 80.7 Å². The summed E-state index contributed by atoms with van der Waals surface area (Å²) in [5, 5.41) is 1.18. The van der Waals surface area contributed by atoms with Crippen LogP contribution in [0.5, 0.6) is 0 Å². The highest BCUT2D eigenvalue weighted by Crippen LogP contribution is 2.06. The topological polar surface area (TPSA) is 18.5 Å². The zero-order valence-corrected chi connectivity index (χ0v) is 9.63. The van der Waals surface area contributed by atoms with E-state index >= 15 is 0 Å². The average molecular weight is 196 g/mol. The van der Waals surface area contributed by atoms with E-state index in [0.717, 1.165) is 0 Å². The molecule has 0 amide bonds. The molecule has 0 aliphatic rings. The summed E-state index contributed by atoms with van der Waals surface area (Å²) in [6.07, 6.45) is 0. The predicted molar refractivity (Wildman–Crippen MR) is 56.4 cm³/mol. The van der Waals surface area contributed by atoms with Gasteiger partial charge in [0.05, 0.1) is 0 Å². The van der Waals surface area contributed by atoms with Crippen LogP contribution < -0.4 is 5.19 Å². The van der Waals surface area contributed by atoms with Crippen LogP contribution in [-0.2, 0) is 8.85 Å². The van der Waals surface area contributed by atoms with Crippen molar-refractivity contribution in [1.82, 2.24) is 0 Å². The molecule has 0 unspecified atom stereocenters. The Morgan fingerprint density at radius 2 is 1.77 bits per heavy atom. The molecular weight excluding hydrogens is 180 g/mol. The molecule has 1 rings (SSSR count). The maximum atomic E-state index is 5.44. The van der Waals surface area contributed by atoms with Gasteiger partial charge in [-0.15, -0.1) is 0 Å². The van der Waals surface area contributed by atoms with E-state index in [9.17, 15) is 0 Å². The second-order valence-electron chi connectivity index (χ2n) is 3.22. The first-order valence-electron chi connectivity index (χ1n) is 4.30. The first-order chi connectivity index (χ1) is 6.12. The van der Waals surface area contributed by atoms with Gasteiger partial charge in [0.1, 0.15) is 0 Å². The molecule has 1 aromatic rings. The molecule has 13 heavy (non-hydrogen) atoms. The molecule has 0 radical (unpaired) electrons. The molecule has 0 N–H and O–H groups in total. The molecule has 0 bridgehead atoms. The largest absolute Gasteiger partial charge is 0.394 e. The predicted octanol–water partition coefficient (Wildman–Crippen LogP) is 1.57. The Balaban J connectivity index is 3.05. The number of hydrogen-bond donors (Lipinski definition) is 0. The van der Waals surface area contributed by atoms with Gasteiger partial charge in [0.2, 0.25) is 0 Å². The smallest absolute Gasteiger partial charge is 0.368 e. The Bertz CT molecular complexity index is 282. The van der Waals surface area contributed by atoms with Gasteiger partial charge in [-0.2, -0.15) is 0 Å². The molecule has 0 atom stereocenters. The lowest BCUT2D eigenvalue weighted by atomic mass is 10.2. The van der Waals surface area contributed by atoms with E-state index in [1.807, 2.05) is 12.6 Å². The van der Waals surface area contributed by atoms with Gasteiger partial charge >= 0.3 is 8.56 Å². The average Bonchev–Trinajstić information content (AvgIpc) is 2.17. The summed E-state index contributed by atoms with van der Waals surface area (Å²) in [6, 6.07) is 8.29. The maximum Gasteiger partial charge on any atom is 0.368 e. The second kappa shape index (κ2) is 4.04. The minimum atomic E-state index is -2.10. The van der Waals surface area contributed by atoms with E-state index in [4.69, 9.17) is 8.85 Å². The van der Waals surface area contributed by atoms with Crippen molar-refractivity contribution in [2.24, 2.45) is 0 Å². The van der Waals surface area contributed by atoms with Crippen molar-refractivity contribution in [3.63, 3.8) is 0 Å². The van der Waals surface area contributed by atoms with Crippen molar-refractivity contribution in [2.75, 3.05) is 14.2 Å². The van der Waals surface area contributed by atoms with Gasteiger partial charge in [-0.3, -0.25) is 0 Å². The van der Waals surface area contributed by atoms with Crippen molar-refractivity contribution < 1.29 is 8.85 Å². The number of aryl methyl sites for hydroxylation is 1. The summed E-state index contributed by atoms with van der Waals surface area (Å²) in [5.74, 6) is 0. The van der Waals surface area contributed by atoms with Crippen molar-refractivity contribution in [3.8, 4) is 0 Å². The minimum Gasteiger partial charge on any atom is -0.394 e. The molecular formula is C10H16O2Si. The highest BCUT2D eigenvalue weighted by molar-refractivity contribution is 6.79. The van der Waals surface area contributed by atoms with E-state index < -0.39 is 8.56 Å². The van der Waals surface area contributed by atoms with Gasteiger partial charge in [0, 0.05) is 14.2 Å². The van der Waals surface area contributed by atoms with Crippen LogP contribution >= 0.6 is 0 Å². The summed E-state index contributed by atoms with van der Waals surface area (Å²) < 4.78 is 10.9. The van der Waals surface area contributed by atoms with E-state index in [2.05, 4.69) is 25.1 Å². The van der Waals surface area contributed by atoms with Crippen molar-refractivity contribution in [3.05, 3.63) is 29.8 Å². The van der Waals surface area contributed by atoms with Gasteiger partial charge in [-0.1, -0.05) is 29.8 Å². The molecule has 0 heterocycles. The van der Waals surface area contributed by atoms with Crippen LogP contribution in [0.3, 0.4) is 0 Å². The minimum absolute atomic E-state index is 1.18. The third-order valence-corrected chi connectivity index (χ3v) is 5.24. The summed E-state index contributed by atoms with van der Waals surface area (Å²) in [7, 11) is 1.31. The molecule has 2 nitrogen and oxygen atoms in total. The van der Waals surface area contributed by atoms with Gasteiger partial charge in [-0.25, -0.2) is 0 Å². The van der Waals surface area contributed by atoms with E-state index in [0.29, 0.717) is 0 Å². The molecule has 72 valence electrons. The normalized spacial score (nSPS) is 11.7. The SMILES string of the molecule is CO[Si](C)(OC)c1cccc(C)c1. The first-order valence-corrected chi connectivity index (χ1v) is 6.61. The molecule has 1 aromatic carbocycles. The van der Waals surface area contributed by atoms with Crippen LogP contribution in [-0.4, -0.2) is 22.8 Å². The Morgan fingerprint density at radius 1 is 1.15 bits per heavy atom. The molecule has 0 spiro atoms. The third kappa shape index (κ3) is 2.18. The van der Waals surface area contributed by atoms with Gasteiger partial charge in [0.15, 0.2) is 0 Å². The Kier molecular flexibility index (Phi) is 3.25. The van der Waals surface area contributed by atoms with Crippen molar-refractivity contribution in [2.45, 2.75) is 13.5 Å². The number of benzene rings is 1. The van der Waals surface area contributed by atoms with Gasteiger partial charge in [0.25, 0.3) is 0 Å². The molecule has 0 aliphatic carbocycles. The lowest BCUT2D eigenvalue weighted by molar-refractivity contribution is 0.265. The summed E-state index contributed by atoms with van der Waals surface area (Å²) in [6.45, 7) is 4.12. The fraction of sp³-hybridized carbons (Fsp3) is 0.400. The quantitative estimate of drug-likeness (QED) is 0.683. The molecule has 0 aromatic heterocycles. The van der Waals surface area contributed by atoms with Crippen LogP contribution in [0, 0.1) is 6.92 Å². The van der Waals surface area contributed by atoms with Crippen LogP contribution in [0.2, 0.25) is 6.55 Å². The zero-order valence-electron chi connectivity index (χ0n) is 8.63. The third-order valence-electron chi connectivity index (χ3n) is 2.32. The molecule has 0 aliphatic heterocycles. The van der Waals surface area contributed by atoms with Gasteiger partial charge in [-0.05, 0) is 18.7 Å². The Morgan fingerprint density at radius 3 is 2.23 bits per heavy atom. The van der Waals surface area contributed by atoms with Crippen LogP contribution in [0.25, 0.3) is 0 Å². The van der Waals surface area contributed by atoms with E-state index in [1.165, 1.54) is 10.8 Å². The Hall–Kier alpha value is -0.643. The number of rotatable bonds is 3. The van der Waals surface area contributed by atoms with E-state index in [1.54, 1.807) is 14.2 Å². The van der Waals surface area contributed by atoms with Crippen LogP contribution in [0.15, 0.2) is 24.3 Å². The monoisotopic (exact) mass is 196 g/mol. The lowest BCUT2D eigenvalue weighted by Crippen LogP contribution is -2.49. The van der Waals surface area contributed by atoms with Gasteiger partial charge < -0.3 is 8.85 Å². The van der Waals surface area contributed by atoms with E-state index in [-0.39, 0.29) is 0 Å². The second-order valence-corrected chi connectivity index (χ2v) is 6.51.